The molecule has 1 N–H and O–H groups in total. The summed E-state index contributed by atoms with van der Waals surface area (Å²) in [5.41, 5.74) is 0.585. The molecule has 0 aliphatic carbocycles. The van der Waals surface area contributed by atoms with Gasteiger partial charge in [-0.3, -0.25) is 4.79 Å². The number of aromatic nitrogens is 3. The van der Waals surface area contributed by atoms with Crippen LogP contribution in [0, 0.1) is 0 Å². The lowest BCUT2D eigenvalue weighted by atomic mass is 10.3. The van der Waals surface area contributed by atoms with E-state index in [1.54, 1.807) is 24.3 Å². The SMILES string of the molecule is Cn1c(SCC(=O)Nc2ccccc2Br)nnc1C(F)(F)F. The first-order valence-electron chi connectivity index (χ1n) is 5.93. The van der Waals surface area contributed by atoms with Gasteiger partial charge in [-0.05, 0) is 28.1 Å². The van der Waals surface area contributed by atoms with Crippen LogP contribution in [0.5, 0.6) is 0 Å². The van der Waals surface area contributed by atoms with Crippen molar-refractivity contribution in [2.24, 2.45) is 7.05 Å². The van der Waals surface area contributed by atoms with Crippen LogP contribution in [0.25, 0.3) is 0 Å². The van der Waals surface area contributed by atoms with Crippen LogP contribution in [0.15, 0.2) is 33.9 Å². The van der Waals surface area contributed by atoms with Crippen molar-refractivity contribution in [2.45, 2.75) is 11.3 Å². The molecule has 0 saturated heterocycles. The number of alkyl halides is 3. The molecule has 0 bridgehead atoms. The van der Waals surface area contributed by atoms with Gasteiger partial charge in [0.1, 0.15) is 0 Å². The van der Waals surface area contributed by atoms with E-state index in [4.69, 9.17) is 0 Å². The maximum Gasteiger partial charge on any atom is 0.451 e. The third-order valence-electron chi connectivity index (χ3n) is 2.57. The van der Waals surface area contributed by atoms with Crippen LogP contribution in [0.1, 0.15) is 5.82 Å². The van der Waals surface area contributed by atoms with E-state index in [2.05, 4.69) is 31.4 Å². The Bertz CT molecular complexity index is 689. The summed E-state index contributed by atoms with van der Waals surface area (Å²) >= 11 is 4.16. The first-order valence-corrected chi connectivity index (χ1v) is 7.70. The van der Waals surface area contributed by atoms with E-state index in [0.717, 1.165) is 16.3 Å². The normalized spacial score (nSPS) is 11.5. The highest BCUT2D eigenvalue weighted by atomic mass is 79.9. The summed E-state index contributed by atoms with van der Waals surface area (Å²) in [6.07, 6.45) is -4.57. The van der Waals surface area contributed by atoms with Crippen LogP contribution in [-0.2, 0) is 18.0 Å². The molecule has 22 heavy (non-hydrogen) atoms. The summed E-state index contributed by atoms with van der Waals surface area (Å²) in [6, 6.07) is 7.02. The smallest absolute Gasteiger partial charge is 0.324 e. The minimum atomic E-state index is -4.57. The standard InChI is InChI=1S/C12H10BrF3N4OS/c1-20-10(12(14,15)16)18-19-11(20)22-6-9(21)17-8-5-3-2-4-7(8)13/h2-5H,6H2,1H3,(H,17,21). The van der Waals surface area contributed by atoms with Crippen LogP contribution >= 0.6 is 27.7 Å². The maximum atomic E-state index is 12.6. The lowest BCUT2D eigenvalue weighted by molar-refractivity contribution is -0.147. The van der Waals surface area contributed by atoms with Crippen molar-refractivity contribution < 1.29 is 18.0 Å². The quantitative estimate of drug-likeness (QED) is 0.807. The van der Waals surface area contributed by atoms with Gasteiger partial charge in [0.15, 0.2) is 5.16 Å². The molecule has 1 aromatic carbocycles. The van der Waals surface area contributed by atoms with Crippen molar-refractivity contribution in [3.05, 3.63) is 34.6 Å². The van der Waals surface area contributed by atoms with Gasteiger partial charge >= 0.3 is 6.18 Å². The Labute approximate surface area is 136 Å². The number of anilines is 1. The molecule has 1 heterocycles. The van der Waals surface area contributed by atoms with Gasteiger partial charge in [-0.15, -0.1) is 10.2 Å². The van der Waals surface area contributed by atoms with E-state index in [1.807, 2.05) is 0 Å². The highest BCUT2D eigenvalue weighted by Gasteiger charge is 2.37. The molecule has 1 aromatic heterocycles. The number of thioether (sulfide) groups is 1. The maximum absolute atomic E-state index is 12.6. The van der Waals surface area contributed by atoms with Crippen molar-refractivity contribution in [3.8, 4) is 0 Å². The molecule has 2 aromatic rings. The molecule has 5 nitrogen and oxygen atoms in total. The number of rotatable bonds is 4. The van der Waals surface area contributed by atoms with E-state index < -0.39 is 12.0 Å². The monoisotopic (exact) mass is 394 g/mol. The molecule has 0 atom stereocenters. The zero-order valence-electron chi connectivity index (χ0n) is 11.2. The van der Waals surface area contributed by atoms with Crippen molar-refractivity contribution in [1.29, 1.82) is 0 Å². The molecule has 10 heteroatoms. The first-order chi connectivity index (χ1) is 10.3. The largest absolute Gasteiger partial charge is 0.451 e. The fourth-order valence-electron chi connectivity index (χ4n) is 1.57. The second kappa shape index (κ2) is 6.69. The summed E-state index contributed by atoms with van der Waals surface area (Å²) in [7, 11) is 1.21. The van der Waals surface area contributed by atoms with Gasteiger partial charge in [0.25, 0.3) is 0 Å². The van der Waals surface area contributed by atoms with Crippen LogP contribution in [0.4, 0.5) is 18.9 Å². The van der Waals surface area contributed by atoms with E-state index in [9.17, 15) is 18.0 Å². The molecule has 0 saturated carbocycles. The Morgan fingerprint density at radius 2 is 2.05 bits per heavy atom. The zero-order valence-corrected chi connectivity index (χ0v) is 13.6. The minimum Gasteiger partial charge on any atom is -0.324 e. The molecule has 0 unspecified atom stereocenters. The number of para-hydroxylation sites is 1. The molecule has 0 radical (unpaired) electrons. The van der Waals surface area contributed by atoms with Gasteiger partial charge in [0.05, 0.1) is 11.4 Å². The van der Waals surface area contributed by atoms with Crippen LogP contribution in [0.3, 0.4) is 0 Å². The van der Waals surface area contributed by atoms with Crippen molar-refractivity contribution in [1.82, 2.24) is 14.8 Å². The Balaban J connectivity index is 1.98. The zero-order chi connectivity index (χ0) is 16.3. The number of nitrogens with one attached hydrogen (secondary N) is 1. The molecule has 2 rings (SSSR count). The lowest BCUT2D eigenvalue weighted by Crippen LogP contribution is -2.15. The third kappa shape index (κ3) is 4.01. The fourth-order valence-corrected chi connectivity index (χ4v) is 2.66. The molecule has 0 spiro atoms. The van der Waals surface area contributed by atoms with E-state index in [-0.39, 0.29) is 16.8 Å². The van der Waals surface area contributed by atoms with Crippen LogP contribution in [-0.4, -0.2) is 26.4 Å². The van der Waals surface area contributed by atoms with Crippen molar-refractivity contribution in [2.75, 3.05) is 11.1 Å². The molecule has 0 aliphatic rings. The minimum absolute atomic E-state index is 0.0228. The topological polar surface area (TPSA) is 59.8 Å². The lowest BCUT2D eigenvalue weighted by Gasteiger charge is -2.07. The fraction of sp³-hybridized carbons (Fsp3) is 0.250. The summed E-state index contributed by atoms with van der Waals surface area (Å²) in [5.74, 6) is -1.53. The molecular weight excluding hydrogens is 385 g/mol. The second-order valence-corrected chi connectivity index (χ2v) is 5.98. The Kier molecular flexibility index (Phi) is 5.12. The van der Waals surface area contributed by atoms with Crippen LogP contribution in [0.2, 0.25) is 0 Å². The van der Waals surface area contributed by atoms with Gasteiger partial charge in [0.2, 0.25) is 11.7 Å². The molecular formula is C12H10BrF3N4OS. The van der Waals surface area contributed by atoms with Crippen molar-refractivity contribution >= 4 is 39.3 Å². The van der Waals surface area contributed by atoms with E-state index in [1.165, 1.54) is 7.05 Å². The Hall–Kier alpha value is -1.55. The van der Waals surface area contributed by atoms with Gasteiger partial charge in [0, 0.05) is 11.5 Å². The number of carbonyl (C=O) groups is 1. The molecule has 0 aliphatic heterocycles. The predicted octanol–water partition coefficient (Wildman–Crippen LogP) is 3.33. The number of benzene rings is 1. The Morgan fingerprint density at radius 1 is 1.36 bits per heavy atom. The average Bonchev–Trinajstić information content (AvgIpc) is 2.80. The molecule has 118 valence electrons. The molecule has 1 amide bonds. The van der Waals surface area contributed by atoms with E-state index in [0.29, 0.717) is 10.2 Å². The van der Waals surface area contributed by atoms with Gasteiger partial charge in [-0.25, -0.2) is 0 Å². The highest BCUT2D eigenvalue weighted by molar-refractivity contribution is 9.10. The number of hydrogen-bond acceptors (Lipinski definition) is 4. The summed E-state index contributed by atoms with van der Waals surface area (Å²) in [4.78, 5) is 11.8. The summed E-state index contributed by atoms with van der Waals surface area (Å²) in [6.45, 7) is 0. The first kappa shape index (κ1) is 16.8. The highest BCUT2D eigenvalue weighted by Crippen LogP contribution is 2.29. The van der Waals surface area contributed by atoms with E-state index >= 15 is 0 Å². The number of hydrogen-bond donors (Lipinski definition) is 1. The number of halogens is 4. The van der Waals surface area contributed by atoms with Gasteiger partial charge in [-0.1, -0.05) is 23.9 Å². The average molecular weight is 395 g/mol. The third-order valence-corrected chi connectivity index (χ3v) is 4.28. The Morgan fingerprint density at radius 3 is 2.64 bits per heavy atom. The predicted molar refractivity (Wildman–Crippen MR) is 79.5 cm³/mol. The second-order valence-electron chi connectivity index (χ2n) is 4.18. The number of carbonyl (C=O) groups excluding carboxylic acids is 1. The van der Waals surface area contributed by atoms with Gasteiger partial charge in [-0.2, -0.15) is 13.2 Å². The van der Waals surface area contributed by atoms with Crippen molar-refractivity contribution in [3.63, 3.8) is 0 Å². The van der Waals surface area contributed by atoms with Crippen LogP contribution < -0.4 is 5.32 Å². The van der Waals surface area contributed by atoms with Gasteiger partial charge < -0.3 is 9.88 Å². The molecule has 0 fully saturated rings. The number of nitrogens with zero attached hydrogens (tertiary/aromatic N) is 3. The summed E-state index contributed by atoms with van der Waals surface area (Å²) in [5, 5.41) is 9.21. The number of amides is 1. The summed E-state index contributed by atoms with van der Waals surface area (Å²) < 4.78 is 39.3.